The van der Waals surface area contributed by atoms with Gasteiger partial charge >= 0.3 is 17.8 Å². The molecule has 2 amide bonds. The summed E-state index contributed by atoms with van der Waals surface area (Å²) in [6.07, 6.45) is 0. The molecule has 0 N–H and O–H groups in total. The van der Waals surface area contributed by atoms with Crippen molar-refractivity contribution < 1.29 is 14.3 Å². The van der Waals surface area contributed by atoms with E-state index in [1.807, 2.05) is 0 Å². The van der Waals surface area contributed by atoms with Gasteiger partial charge in [-0.15, -0.1) is 15.1 Å². The average molecular weight is 250 g/mol. The van der Waals surface area contributed by atoms with Crippen LogP contribution in [0.3, 0.4) is 0 Å². The van der Waals surface area contributed by atoms with Crippen LogP contribution >= 0.6 is 11.6 Å². The van der Waals surface area contributed by atoms with E-state index in [1.165, 1.54) is 0 Å². The lowest BCUT2D eigenvalue weighted by Gasteiger charge is -1.98. The van der Waals surface area contributed by atoms with Crippen LogP contribution in [0.1, 0.15) is 5.56 Å². The van der Waals surface area contributed by atoms with Crippen LogP contribution in [0.15, 0.2) is 34.4 Å². The predicted octanol–water partition coefficient (Wildman–Crippen LogP) is 0.757. The van der Waals surface area contributed by atoms with E-state index in [0.717, 1.165) is 5.01 Å². The Hall–Kier alpha value is -2.21. The zero-order valence-corrected chi connectivity index (χ0v) is 9.01. The van der Waals surface area contributed by atoms with Crippen LogP contribution in [-0.2, 0) is 14.3 Å². The summed E-state index contributed by atoms with van der Waals surface area (Å²) < 4.78 is 5.19. The molecule has 0 bridgehead atoms. The molecule has 84 valence electrons. The van der Waals surface area contributed by atoms with E-state index in [-0.39, 0.29) is 11.9 Å². The summed E-state index contributed by atoms with van der Waals surface area (Å²) in [5.41, 5.74) is 0.645. The highest BCUT2D eigenvalue weighted by molar-refractivity contribution is 6.44. The molecule has 0 saturated carbocycles. The highest BCUT2D eigenvalue weighted by Crippen LogP contribution is 2.19. The maximum absolute atomic E-state index is 11.3. The molecule has 0 aliphatic carbocycles. The number of hydrogen-bond acceptors (Lipinski definition) is 4. The molecule has 17 heavy (non-hydrogen) atoms. The molecule has 1 aromatic rings. The molecule has 2 heterocycles. The van der Waals surface area contributed by atoms with Gasteiger partial charge in [-0.2, -0.15) is 0 Å². The Morgan fingerprint density at radius 1 is 1.18 bits per heavy atom. The molecule has 2 aliphatic heterocycles. The van der Waals surface area contributed by atoms with Crippen LogP contribution in [0.4, 0.5) is 0 Å². The number of benzene rings is 1. The quantitative estimate of drug-likeness (QED) is 0.690. The van der Waals surface area contributed by atoms with Crippen LogP contribution in [0.5, 0.6) is 0 Å². The summed E-state index contributed by atoms with van der Waals surface area (Å²) in [4.78, 5) is 25.6. The molecule has 6 nitrogen and oxygen atoms in total. The molecule has 1 aromatic carbocycles. The van der Waals surface area contributed by atoms with Crippen molar-refractivity contribution in [3.63, 3.8) is 0 Å². The van der Waals surface area contributed by atoms with Crippen molar-refractivity contribution in [2.45, 2.75) is 0 Å². The van der Waals surface area contributed by atoms with E-state index in [9.17, 15) is 9.59 Å². The number of amides is 2. The van der Waals surface area contributed by atoms with Gasteiger partial charge in [0, 0.05) is 10.6 Å². The van der Waals surface area contributed by atoms with Crippen molar-refractivity contribution in [1.29, 1.82) is 0 Å². The number of carbonyl (C=O) groups is 2. The van der Waals surface area contributed by atoms with Crippen LogP contribution in [-0.4, -0.2) is 28.7 Å². The maximum Gasteiger partial charge on any atom is 0.343 e. The minimum atomic E-state index is -0.876. The fourth-order valence-corrected chi connectivity index (χ4v) is 1.55. The second kappa shape index (κ2) is 3.39. The van der Waals surface area contributed by atoms with Gasteiger partial charge in [0.15, 0.2) is 0 Å². The topological polar surface area (TPSA) is 71.3 Å². The fourth-order valence-electron chi connectivity index (χ4n) is 1.42. The minimum Gasteiger partial charge on any atom is -0.403 e. The molecular weight excluding hydrogens is 246 g/mol. The SMILES string of the molecule is O=C1N=C2OC(c3ccc(Cl)cc3)=NN2C1=O. The van der Waals surface area contributed by atoms with Crippen LogP contribution in [0.25, 0.3) is 0 Å². The number of amidine groups is 1. The third-order valence-corrected chi connectivity index (χ3v) is 2.48. The maximum atomic E-state index is 11.3. The van der Waals surface area contributed by atoms with Crippen molar-refractivity contribution >= 4 is 35.3 Å². The molecule has 0 fully saturated rings. The number of hydrogen-bond donors (Lipinski definition) is 0. The Morgan fingerprint density at radius 3 is 2.53 bits per heavy atom. The highest BCUT2D eigenvalue weighted by Gasteiger charge is 2.40. The largest absolute Gasteiger partial charge is 0.403 e. The third kappa shape index (κ3) is 1.50. The number of fused-ring (bicyclic) bond motifs is 1. The minimum absolute atomic E-state index is 0.107. The first-order valence-corrected chi connectivity index (χ1v) is 5.02. The lowest BCUT2D eigenvalue weighted by Crippen LogP contribution is -2.25. The van der Waals surface area contributed by atoms with E-state index in [2.05, 4.69) is 10.1 Å². The number of rotatable bonds is 1. The molecule has 7 heteroatoms. The van der Waals surface area contributed by atoms with Gasteiger partial charge in [-0.25, -0.2) is 0 Å². The monoisotopic (exact) mass is 249 g/mol. The zero-order chi connectivity index (χ0) is 12.0. The van der Waals surface area contributed by atoms with Crippen LogP contribution in [0, 0.1) is 0 Å². The van der Waals surface area contributed by atoms with Gasteiger partial charge in [-0.05, 0) is 24.3 Å². The summed E-state index contributed by atoms with van der Waals surface area (Å²) in [6.45, 7) is 0. The Labute approximate surface area is 100 Å². The Balaban J connectivity index is 1.94. The van der Waals surface area contributed by atoms with Gasteiger partial charge in [0.2, 0.25) is 5.90 Å². The van der Waals surface area contributed by atoms with Gasteiger partial charge in [-0.1, -0.05) is 11.6 Å². The number of carbonyl (C=O) groups excluding carboxylic acids is 2. The Morgan fingerprint density at radius 2 is 1.88 bits per heavy atom. The summed E-state index contributed by atoms with van der Waals surface area (Å²) in [7, 11) is 0. The standard InChI is InChI=1S/C10H4ClN3O3/c11-6-3-1-5(2-4-6)8-13-14-9(16)7(15)12-10(14)17-8/h1-4H. The molecule has 3 rings (SSSR count). The molecule has 0 unspecified atom stereocenters. The second-order valence-electron chi connectivity index (χ2n) is 3.33. The second-order valence-corrected chi connectivity index (χ2v) is 3.77. The van der Waals surface area contributed by atoms with E-state index in [0.29, 0.717) is 10.6 Å². The average Bonchev–Trinajstić information content (AvgIpc) is 2.82. The lowest BCUT2D eigenvalue weighted by atomic mass is 10.2. The smallest absolute Gasteiger partial charge is 0.343 e. The molecule has 0 spiro atoms. The van der Waals surface area contributed by atoms with Gasteiger partial charge < -0.3 is 4.74 Å². The molecule has 0 radical (unpaired) electrons. The Kier molecular flexibility index (Phi) is 1.99. The summed E-state index contributed by atoms with van der Waals surface area (Å²) in [6, 6.07) is 6.61. The van der Waals surface area contributed by atoms with Crippen molar-refractivity contribution in [2.75, 3.05) is 0 Å². The van der Waals surface area contributed by atoms with Crippen molar-refractivity contribution in [3.05, 3.63) is 34.9 Å². The molecule has 2 aliphatic rings. The van der Waals surface area contributed by atoms with Gasteiger partial charge in [-0.3, -0.25) is 9.59 Å². The van der Waals surface area contributed by atoms with Gasteiger partial charge in [0.25, 0.3) is 0 Å². The predicted molar refractivity (Wildman–Crippen MR) is 58.4 cm³/mol. The van der Waals surface area contributed by atoms with Gasteiger partial charge in [0.05, 0.1) is 0 Å². The number of hydrazone groups is 1. The summed E-state index contributed by atoms with van der Waals surface area (Å²) in [5.74, 6) is -1.48. The number of nitrogens with zero attached hydrogens (tertiary/aromatic N) is 3. The first-order chi connectivity index (χ1) is 8.15. The normalized spacial score (nSPS) is 17.8. The highest BCUT2D eigenvalue weighted by atomic mass is 35.5. The van der Waals surface area contributed by atoms with Crippen molar-refractivity contribution in [3.8, 4) is 0 Å². The van der Waals surface area contributed by atoms with E-state index in [4.69, 9.17) is 16.3 Å². The molecule has 0 aromatic heterocycles. The van der Waals surface area contributed by atoms with Crippen molar-refractivity contribution in [1.82, 2.24) is 5.01 Å². The Bertz CT molecular complexity index is 591. The van der Waals surface area contributed by atoms with E-state index in [1.54, 1.807) is 24.3 Å². The molecule has 0 atom stereocenters. The summed E-state index contributed by atoms with van der Waals surface area (Å²) >= 11 is 5.74. The van der Waals surface area contributed by atoms with E-state index < -0.39 is 11.8 Å². The molecular formula is C10H4ClN3O3. The van der Waals surface area contributed by atoms with Crippen LogP contribution in [0.2, 0.25) is 5.02 Å². The zero-order valence-electron chi connectivity index (χ0n) is 8.25. The number of halogens is 1. The number of aliphatic imine (C=N–C) groups is 1. The first-order valence-electron chi connectivity index (χ1n) is 4.64. The third-order valence-electron chi connectivity index (χ3n) is 2.22. The number of ether oxygens (including phenoxy) is 1. The first kappa shape index (κ1) is 9.98. The van der Waals surface area contributed by atoms with Crippen LogP contribution < -0.4 is 0 Å². The van der Waals surface area contributed by atoms with Gasteiger partial charge in [0.1, 0.15) is 0 Å². The van der Waals surface area contributed by atoms with E-state index >= 15 is 0 Å². The van der Waals surface area contributed by atoms with Crippen molar-refractivity contribution in [2.24, 2.45) is 10.1 Å². The summed E-state index contributed by atoms with van der Waals surface area (Å²) in [5, 5.41) is 5.28. The lowest BCUT2D eigenvalue weighted by molar-refractivity contribution is -0.139. The fraction of sp³-hybridized carbons (Fsp3) is 0. The molecule has 0 saturated heterocycles.